The highest BCUT2D eigenvalue weighted by Crippen LogP contribution is 2.22. The molecule has 0 saturated heterocycles. The topological polar surface area (TPSA) is 38.9 Å². The molecule has 0 saturated carbocycles. The van der Waals surface area contributed by atoms with Crippen molar-refractivity contribution in [1.82, 2.24) is 4.98 Å². The predicted octanol–water partition coefficient (Wildman–Crippen LogP) is 2.91. The van der Waals surface area contributed by atoms with Gasteiger partial charge >= 0.3 is 0 Å². The van der Waals surface area contributed by atoms with Crippen LogP contribution >= 0.6 is 0 Å². The summed E-state index contributed by atoms with van der Waals surface area (Å²) in [6, 6.07) is 5.52. The van der Waals surface area contributed by atoms with Crippen molar-refractivity contribution < 1.29 is 8.78 Å². The largest absolute Gasteiger partial charge is 0.324 e. The van der Waals surface area contributed by atoms with Crippen LogP contribution < -0.4 is 5.73 Å². The van der Waals surface area contributed by atoms with Crippen molar-refractivity contribution in [3.63, 3.8) is 0 Å². The maximum atomic E-state index is 13.6. The molecule has 1 aromatic carbocycles. The zero-order valence-corrected chi connectivity index (χ0v) is 10.0. The van der Waals surface area contributed by atoms with Crippen LogP contribution in [-0.2, 0) is 6.42 Å². The van der Waals surface area contributed by atoms with Crippen molar-refractivity contribution >= 4 is 0 Å². The molecule has 0 aliphatic rings. The number of nitrogens with two attached hydrogens (primary N) is 1. The number of halogens is 2. The van der Waals surface area contributed by atoms with E-state index in [2.05, 4.69) is 4.98 Å². The Kier molecular flexibility index (Phi) is 3.67. The van der Waals surface area contributed by atoms with Gasteiger partial charge in [0.15, 0.2) is 0 Å². The number of aryl methyl sites for hydroxylation is 1. The quantitative estimate of drug-likeness (QED) is 0.907. The fourth-order valence-electron chi connectivity index (χ4n) is 1.85. The molecule has 0 aliphatic heterocycles. The van der Waals surface area contributed by atoms with Gasteiger partial charge in [-0.15, -0.1) is 0 Å². The molecule has 2 N–H and O–H groups in total. The molecule has 2 aromatic rings. The van der Waals surface area contributed by atoms with E-state index >= 15 is 0 Å². The van der Waals surface area contributed by atoms with Crippen molar-refractivity contribution in [2.24, 2.45) is 5.73 Å². The minimum atomic E-state index is -0.602. The van der Waals surface area contributed by atoms with Gasteiger partial charge in [-0.2, -0.15) is 0 Å². The van der Waals surface area contributed by atoms with E-state index in [1.165, 1.54) is 6.07 Å². The van der Waals surface area contributed by atoms with Crippen LogP contribution in [0.15, 0.2) is 36.7 Å². The Morgan fingerprint density at radius 2 is 2.06 bits per heavy atom. The third-order valence-electron chi connectivity index (χ3n) is 2.86. The molecule has 4 heteroatoms. The molecule has 18 heavy (non-hydrogen) atoms. The van der Waals surface area contributed by atoms with E-state index in [4.69, 9.17) is 5.73 Å². The highest BCUT2D eigenvalue weighted by atomic mass is 19.1. The number of pyridine rings is 1. The van der Waals surface area contributed by atoms with E-state index in [1.54, 1.807) is 25.4 Å². The molecular formula is C14H14F2N2. The van der Waals surface area contributed by atoms with Crippen LogP contribution in [0, 0.1) is 18.6 Å². The lowest BCUT2D eigenvalue weighted by atomic mass is 9.98. The summed E-state index contributed by atoms with van der Waals surface area (Å²) in [6.45, 7) is 1.59. The fraction of sp³-hybridized carbons (Fsp3) is 0.214. The average Bonchev–Trinajstić information content (AvgIpc) is 2.35. The maximum absolute atomic E-state index is 13.6. The lowest BCUT2D eigenvalue weighted by Gasteiger charge is -2.14. The Hall–Kier alpha value is -1.81. The molecule has 0 amide bonds. The van der Waals surface area contributed by atoms with E-state index in [1.807, 2.05) is 6.07 Å². The highest BCUT2D eigenvalue weighted by Gasteiger charge is 2.14. The van der Waals surface area contributed by atoms with Crippen molar-refractivity contribution in [2.45, 2.75) is 19.4 Å². The summed E-state index contributed by atoms with van der Waals surface area (Å²) in [5.74, 6) is -1.15. The third-order valence-corrected chi connectivity index (χ3v) is 2.86. The van der Waals surface area contributed by atoms with Gasteiger partial charge in [-0.25, -0.2) is 8.78 Å². The molecule has 0 fully saturated rings. The Balaban J connectivity index is 2.24. The first-order chi connectivity index (χ1) is 8.58. The van der Waals surface area contributed by atoms with Crippen molar-refractivity contribution in [3.05, 3.63) is 65.0 Å². The van der Waals surface area contributed by atoms with E-state index < -0.39 is 17.7 Å². The van der Waals surface area contributed by atoms with Crippen molar-refractivity contribution in [3.8, 4) is 0 Å². The monoisotopic (exact) mass is 248 g/mol. The molecule has 0 spiro atoms. The molecule has 94 valence electrons. The van der Waals surface area contributed by atoms with Crippen LogP contribution in [0.25, 0.3) is 0 Å². The van der Waals surface area contributed by atoms with Crippen molar-refractivity contribution in [2.75, 3.05) is 0 Å². The van der Waals surface area contributed by atoms with Crippen LogP contribution in [0.4, 0.5) is 8.78 Å². The first-order valence-electron chi connectivity index (χ1n) is 5.68. The number of nitrogens with zero attached hydrogens (tertiary/aromatic N) is 1. The second-order valence-corrected chi connectivity index (χ2v) is 4.29. The molecule has 1 unspecified atom stereocenters. The predicted molar refractivity (Wildman–Crippen MR) is 66.0 cm³/mol. The molecule has 0 radical (unpaired) electrons. The maximum Gasteiger partial charge on any atom is 0.130 e. The van der Waals surface area contributed by atoms with E-state index in [0.29, 0.717) is 17.5 Å². The molecule has 2 nitrogen and oxygen atoms in total. The van der Waals surface area contributed by atoms with Gasteiger partial charge in [-0.05, 0) is 36.6 Å². The summed E-state index contributed by atoms with van der Waals surface area (Å²) in [4.78, 5) is 3.98. The number of hydrogen-bond donors (Lipinski definition) is 1. The summed E-state index contributed by atoms with van der Waals surface area (Å²) >= 11 is 0. The lowest BCUT2D eigenvalue weighted by Crippen LogP contribution is -2.15. The Bertz CT molecular complexity index is 541. The molecule has 2 rings (SSSR count). The second-order valence-electron chi connectivity index (χ2n) is 4.29. The summed E-state index contributed by atoms with van der Waals surface area (Å²) in [5.41, 5.74) is 7.61. The van der Waals surface area contributed by atoms with Gasteiger partial charge in [0.2, 0.25) is 0 Å². The summed E-state index contributed by atoms with van der Waals surface area (Å²) in [7, 11) is 0. The number of aromatic nitrogens is 1. The van der Waals surface area contributed by atoms with Gasteiger partial charge in [0, 0.05) is 30.1 Å². The SMILES string of the molecule is Cc1cc(C(N)Cc2cccnc2)c(F)cc1F. The minimum Gasteiger partial charge on any atom is -0.324 e. The molecule has 0 bridgehead atoms. The van der Waals surface area contributed by atoms with Crippen molar-refractivity contribution in [1.29, 1.82) is 0 Å². The second kappa shape index (κ2) is 5.23. The number of hydrogen-bond acceptors (Lipinski definition) is 2. The smallest absolute Gasteiger partial charge is 0.130 e. The van der Waals surface area contributed by atoms with Gasteiger partial charge in [0.05, 0.1) is 0 Å². The minimum absolute atomic E-state index is 0.331. The Morgan fingerprint density at radius 1 is 1.28 bits per heavy atom. The summed E-state index contributed by atoms with van der Waals surface area (Å²) < 4.78 is 26.8. The summed E-state index contributed by atoms with van der Waals surface area (Å²) in [5, 5.41) is 0. The Morgan fingerprint density at radius 3 is 2.72 bits per heavy atom. The van der Waals surface area contributed by atoms with Crippen LogP contribution in [0.5, 0.6) is 0 Å². The average molecular weight is 248 g/mol. The zero-order chi connectivity index (χ0) is 13.1. The van der Waals surface area contributed by atoms with Crippen LogP contribution in [0.2, 0.25) is 0 Å². The van der Waals surface area contributed by atoms with Gasteiger partial charge in [0.25, 0.3) is 0 Å². The number of rotatable bonds is 3. The van der Waals surface area contributed by atoms with E-state index in [0.717, 1.165) is 11.6 Å². The van der Waals surface area contributed by atoms with Crippen LogP contribution in [0.1, 0.15) is 22.7 Å². The van der Waals surface area contributed by atoms with Gasteiger partial charge in [0.1, 0.15) is 11.6 Å². The van der Waals surface area contributed by atoms with E-state index in [9.17, 15) is 8.78 Å². The molecule has 1 heterocycles. The summed E-state index contributed by atoms with van der Waals surface area (Å²) in [6.07, 6.45) is 3.82. The molecule has 1 aromatic heterocycles. The van der Waals surface area contributed by atoms with E-state index in [-0.39, 0.29) is 0 Å². The van der Waals surface area contributed by atoms with Gasteiger partial charge in [-0.3, -0.25) is 4.98 Å². The third kappa shape index (κ3) is 2.71. The first kappa shape index (κ1) is 12.6. The first-order valence-corrected chi connectivity index (χ1v) is 5.68. The van der Waals surface area contributed by atoms with Gasteiger partial charge < -0.3 is 5.73 Å². The highest BCUT2D eigenvalue weighted by molar-refractivity contribution is 5.29. The standard InChI is InChI=1S/C14H14F2N2/c1-9-5-11(13(16)7-12(9)15)14(17)6-10-3-2-4-18-8-10/h2-5,7-8,14H,6,17H2,1H3. The number of benzene rings is 1. The molecule has 0 aliphatic carbocycles. The van der Waals surface area contributed by atoms with Crippen LogP contribution in [0.3, 0.4) is 0 Å². The Labute approximate surface area is 104 Å². The normalized spacial score (nSPS) is 12.4. The zero-order valence-electron chi connectivity index (χ0n) is 10.0. The molecule has 1 atom stereocenters. The van der Waals surface area contributed by atoms with Crippen LogP contribution in [-0.4, -0.2) is 4.98 Å². The lowest BCUT2D eigenvalue weighted by molar-refractivity contribution is 0.549. The fourth-order valence-corrected chi connectivity index (χ4v) is 1.85. The van der Waals surface area contributed by atoms with Gasteiger partial charge in [-0.1, -0.05) is 6.07 Å². The molecular weight excluding hydrogens is 234 g/mol.